The zero-order chi connectivity index (χ0) is 14.0. The van der Waals surface area contributed by atoms with E-state index in [1.807, 2.05) is 26.0 Å². The molecule has 2 rings (SSSR count). The number of anilines is 1. The van der Waals surface area contributed by atoms with Crippen molar-refractivity contribution in [2.24, 2.45) is 0 Å². The van der Waals surface area contributed by atoms with Crippen LogP contribution in [0, 0.1) is 6.92 Å². The first-order valence-electron chi connectivity index (χ1n) is 6.02. The Morgan fingerprint density at radius 3 is 2.32 bits per heavy atom. The van der Waals surface area contributed by atoms with Crippen molar-refractivity contribution in [3.05, 3.63) is 52.5 Å². The Morgan fingerprint density at radius 1 is 1.11 bits per heavy atom. The maximum Gasteiger partial charge on any atom is 0.124 e. The Kier molecular flexibility index (Phi) is 3.86. The molecule has 0 amide bonds. The van der Waals surface area contributed by atoms with Gasteiger partial charge in [0.05, 0.1) is 11.6 Å². The third-order valence-corrected chi connectivity index (χ3v) is 3.29. The smallest absolute Gasteiger partial charge is 0.124 e. The highest BCUT2D eigenvalue weighted by Gasteiger charge is 2.15. The molecular formula is C15H16ClNO2. The molecule has 4 heteroatoms. The van der Waals surface area contributed by atoms with E-state index in [1.165, 1.54) is 0 Å². The number of hydrogen-bond acceptors (Lipinski definition) is 3. The fourth-order valence-electron chi connectivity index (χ4n) is 2.08. The van der Waals surface area contributed by atoms with Gasteiger partial charge in [0.15, 0.2) is 0 Å². The van der Waals surface area contributed by atoms with Crippen molar-refractivity contribution in [1.82, 2.24) is 0 Å². The molecule has 0 aromatic heterocycles. The molecule has 2 aromatic rings. The van der Waals surface area contributed by atoms with Gasteiger partial charge < -0.3 is 15.5 Å². The maximum atomic E-state index is 9.83. The number of phenols is 2. The predicted molar refractivity (Wildman–Crippen MR) is 78.0 cm³/mol. The lowest BCUT2D eigenvalue weighted by Crippen LogP contribution is -2.08. The summed E-state index contributed by atoms with van der Waals surface area (Å²) in [5, 5.41) is 23.6. The molecule has 100 valence electrons. The van der Waals surface area contributed by atoms with Gasteiger partial charge in [-0.1, -0.05) is 17.7 Å². The van der Waals surface area contributed by atoms with Crippen LogP contribution >= 0.6 is 11.6 Å². The molecule has 0 radical (unpaired) electrons. The molecule has 0 saturated carbocycles. The Morgan fingerprint density at radius 2 is 1.74 bits per heavy atom. The third kappa shape index (κ3) is 2.93. The minimum absolute atomic E-state index is 0.0756. The number of aryl methyl sites for hydroxylation is 1. The summed E-state index contributed by atoms with van der Waals surface area (Å²) in [6.45, 7) is 3.83. The molecule has 0 aliphatic rings. The maximum absolute atomic E-state index is 9.83. The number of benzene rings is 2. The van der Waals surface area contributed by atoms with Crippen molar-refractivity contribution in [1.29, 1.82) is 0 Å². The van der Waals surface area contributed by atoms with Crippen LogP contribution in [-0.4, -0.2) is 10.2 Å². The average molecular weight is 278 g/mol. The largest absolute Gasteiger partial charge is 0.507 e. The molecule has 3 N–H and O–H groups in total. The molecule has 0 fully saturated rings. The zero-order valence-corrected chi connectivity index (χ0v) is 11.6. The number of rotatable bonds is 3. The molecule has 19 heavy (non-hydrogen) atoms. The second-order valence-corrected chi connectivity index (χ2v) is 4.97. The minimum atomic E-state index is -0.221. The van der Waals surface area contributed by atoms with Gasteiger partial charge in [0.25, 0.3) is 0 Å². The number of halogens is 1. The van der Waals surface area contributed by atoms with Crippen LogP contribution in [0.5, 0.6) is 11.5 Å². The van der Waals surface area contributed by atoms with E-state index in [0.29, 0.717) is 10.6 Å². The summed E-state index contributed by atoms with van der Waals surface area (Å²) < 4.78 is 0. The van der Waals surface area contributed by atoms with Crippen molar-refractivity contribution in [2.75, 3.05) is 5.32 Å². The van der Waals surface area contributed by atoms with Crippen LogP contribution in [0.25, 0.3) is 0 Å². The SMILES string of the molecule is Cc1cc(Cl)ccc1NC(C)c1c(O)cccc1O. The van der Waals surface area contributed by atoms with Gasteiger partial charge in [-0.2, -0.15) is 0 Å². The average Bonchev–Trinajstić information content (AvgIpc) is 2.32. The molecule has 1 unspecified atom stereocenters. The van der Waals surface area contributed by atoms with E-state index in [9.17, 15) is 10.2 Å². The monoisotopic (exact) mass is 277 g/mol. The van der Waals surface area contributed by atoms with E-state index in [2.05, 4.69) is 5.32 Å². The van der Waals surface area contributed by atoms with Crippen LogP contribution in [0.1, 0.15) is 24.1 Å². The van der Waals surface area contributed by atoms with Gasteiger partial charge in [-0.15, -0.1) is 0 Å². The molecule has 0 aliphatic carbocycles. The molecule has 3 nitrogen and oxygen atoms in total. The summed E-state index contributed by atoms with van der Waals surface area (Å²) in [6.07, 6.45) is 0. The van der Waals surface area contributed by atoms with Crippen molar-refractivity contribution in [3.63, 3.8) is 0 Å². The summed E-state index contributed by atoms with van der Waals surface area (Å²) in [4.78, 5) is 0. The predicted octanol–water partition coefficient (Wildman–Crippen LogP) is 4.23. The second kappa shape index (κ2) is 5.41. The standard InChI is InChI=1S/C15H16ClNO2/c1-9-8-11(16)6-7-12(9)17-10(2)15-13(18)4-3-5-14(15)19/h3-8,10,17-19H,1-2H3. The number of hydrogen-bond donors (Lipinski definition) is 3. The van der Waals surface area contributed by atoms with Crippen LogP contribution in [-0.2, 0) is 0 Å². The van der Waals surface area contributed by atoms with Crippen LogP contribution < -0.4 is 5.32 Å². The van der Waals surface area contributed by atoms with Crippen molar-refractivity contribution in [3.8, 4) is 11.5 Å². The molecule has 0 bridgehead atoms. The summed E-state index contributed by atoms with van der Waals surface area (Å²) in [5.41, 5.74) is 2.41. The van der Waals surface area contributed by atoms with E-state index in [0.717, 1.165) is 11.3 Å². The normalized spacial score (nSPS) is 12.2. The molecule has 0 aliphatic heterocycles. The summed E-state index contributed by atoms with van der Waals surface area (Å²) >= 11 is 5.91. The van der Waals surface area contributed by atoms with E-state index in [-0.39, 0.29) is 17.5 Å². The van der Waals surface area contributed by atoms with Gasteiger partial charge in [0.1, 0.15) is 11.5 Å². The molecular weight excluding hydrogens is 262 g/mol. The molecule has 0 saturated heterocycles. The Hall–Kier alpha value is -1.87. The van der Waals surface area contributed by atoms with Gasteiger partial charge in [-0.05, 0) is 49.7 Å². The molecule has 2 aromatic carbocycles. The fraction of sp³-hybridized carbons (Fsp3) is 0.200. The van der Waals surface area contributed by atoms with Crippen molar-refractivity contribution in [2.45, 2.75) is 19.9 Å². The first-order chi connectivity index (χ1) is 8.99. The summed E-state index contributed by atoms with van der Waals surface area (Å²) in [6, 6.07) is 10.0. The first-order valence-corrected chi connectivity index (χ1v) is 6.40. The highest BCUT2D eigenvalue weighted by atomic mass is 35.5. The van der Waals surface area contributed by atoms with Gasteiger partial charge >= 0.3 is 0 Å². The van der Waals surface area contributed by atoms with E-state index >= 15 is 0 Å². The number of nitrogens with one attached hydrogen (secondary N) is 1. The van der Waals surface area contributed by atoms with Crippen LogP contribution in [0.15, 0.2) is 36.4 Å². The number of aromatic hydroxyl groups is 2. The van der Waals surface area contributed by atoms with Crippen LogP contribution in [0.4, 0.5) is 5.69 Å². The Balaban J connectivity index is 2.28. The molecule has 0 spiro atoms. The lowest BCUT2D eigenvalue weighted by Gasteiger charge is -2.19. The van der Waals surface area contributed by atoms with Gasteiger partial charge in [0, 0.05) is 10.7 Å². The van der Waals surface area contributed by atoms with Crippen LogP contribution in [0.3, 0.4) is 0 Å². The zero-order valence-electron chi connectivity index (χ0n) is 10.8. The van der Waals surface area contributed by atoms with E-state index in [1.54, 1.807) is 24.3 Å². The second-order valence-electron chi connectivity index (χ2n) is 4.54. The van der Waals surface area contributed by atoms with Crippen LogP contribution in [0.2, 0.25) is 5.02 Å². The fourth-order valence-corrected chi connectivity index (χ4v) is 2.31. The lowest BCUT2D eigenvalue weighted by molar-refractivity contribution is 0.434. The third-order valence-electron chi connectivity index (χ3n) is 3.05. The topological polar surface area (TPSA) is 52.5 Å². The quantitative estimate of drug-likeness (QED) is 0.787. The van der Waals surface area contributed by atoms with Crippen molar-refractivity contribution < 1.29 is 10.2 Å². The van der Waals surface area contributed by atoms with Gasteiger partial charge in [0.2, 0.25) is 0 Å². The number of phenolic OH excluding ortho intramolecular Hbond substituents is 2. The summed E-state index contributed by atoms with van der Waals surface area (Å²) in [7, 11) is 0. The minimum Gasteiger partial charge on any atom is -0.507 e. The van der Waals surface area contributed by atoms with Gasteiger partial charge in [-0.3, -0.25) is 0 Å². The van der Waals surface area contributed by atoms with Crippen molar-refractivity contribution >= 4 is 17.3 Å². The van der Waals surface area contributed by atoms with E-state index < -0.39 is 0 Å². The van der Waals surface area contributed by atoms with E-state index in [4.69, 9.17) is 11.6 Å². The molecule has 0 heterocycles. The molecule has 1 atom stereocenters. The first kappa shape index (κ1) is 13.6. The Bertz CT molecular complexity index is 578. The lowest BCUT2D eigenvalue weighted by atomic mass is 10.0. The van der Waals surface area contributed by atoms with Gasteiger partial charge in [-0.25, -0.2) is 0 Å². The highest BCUT2D eigenvalue weighted by molar-refractivity contribution is 6.30. The Labute approximate surface area is 117 Å². The summed E-state index contributed by atoms with van der Waals surface area (Å²) in [5.74, 6) is 0.151. The highest BCUT2D eigenvalue weighted by Crippen LogP contribution is 2.34.